The summed E-state index contributed by atoms with van der Waals surface area (Å²) < 4.78 is 5.18. The highest BCUT2D eigenvalue weighted by molar-refractivity contribution is 5.77. The Kier molecular flexibility index (Phi) is 6.73. The van der Waals surface area contributed by atoms with Gasteiger partial charge in [-0.05, 0) is 37.3 Å². The minimum Gasteiger partial charge on any atom is -0.465 e. The van der Waals surface area contributed by atoms with E-state index in [0.29, 0.717) is 12.5 Å². The predicted octanol–water partition coefficient (Wildman–Crippen LogP) is 3.80. The van der Waals surface area contributed by atoms with E-state index in [0.717, 1.165) is 12.0 Å². The van der Waals surface area contributed by atoms with Crippen molar-refractivity contribution in [2.45, 2.75) is 59.0 Å². The van der Waals surface area contributed by atoms with Gasteiger partial charge in [-0.1, -0.05) is 45.0 Å². The third-order valence-electron chi connectivity index (χ3n) is 3.52. The van der Waals surface area contributed by atoms with E-state index >= 15 is 0 Å². The summed E-state index contributed by atoms with van der Waals surface area (Å²) in [5.41, 5.74) is 2.24. The van der Waals surface area contributed by atoms with Gasteiger partial charge in [0.05, 0.1) is 6.61 Å². The van der Waals surface area contributed by atoms with Gasteiger partial charge in [0.2, 0.25) is 0 Å². The topological polar surface area (TPSA) is 38.3 Å². The van der Waals surface area contributed by atoms with Crippen molar-refractivity contribution in [3.05, 3.63) is 35.4 Å². The molecule has 0 aliphatic heterocycles. The zero-order chi connectivity index (χ0) is 15.1. The molecular formula is C17H27NO2. The van der Waals surface area contributed by atoms with E-state index in [4.69, 9.17) is 4.74 Å². The highest BCUT2D eigenvalue weighted by Crippen LogP contribution is 2.20. The van der Waals surface area contributed by atoms with E-state index in [9.17, 15) is 4.79 Å². The van der Waals surface area contributed by atoms with Crippen LogP contribution in [0.2, 0.25) is 0 Å². The lowest BCUT2D eigenvalue weighted by atomic mass is 9.98. The van der Waals surface area contributed by atoms with Gasteiger partial charge < -0.3 is 4.74 Å². The summed E-state index contributed by atoms with van der Waals surface area (Å²) in [7, 11) is 0. The smallest absolute Gasteiger partial charge is 0.327 e. The Morgan fingerprint density at radius 2 is 1.65 bits per heavy atom. The van der Waals surface area contributed by atoms with Crippen molar-refractivity contribution >= 4 is 5.97 Å². The number of hydrogen-bond acceptors (Lipinski definition) is 3. The second kappa shape index (κ2) is 8.05. The number of nitrogens with one attached hydrogen (secondary N) is 1. The molecule has 1 N–H and O–H groups in total. The van der Waals surface area contributed by atoms with Gasteiger partial charge in [0.1, 0.15) is 6.04 Å². The lowest BCUT2D eigenvalue weighted by Gasteiger charge is -2.22. The van der Waals surface area contributed by atoms with Gasteiger partial charge in [-0.15, -0.1) is 0 Å². The van der Waals surface area contributed by atoms with Crippen molar-refractivity contribution in [1.29, 1.82) is 0 Å². The number of hydrogen-bond donors (Lipinski definition) is 1. The molecular weight excluding hydrogens is 250 g/mol. The van der Waals surface area contributed by atoms with E-state index in [1.165, 1.54) is 5.56 Å². The Hall–Kier alpha value is -1.35. The number of benzene rings is 1. The van der Waals surface area contributed by atoms with E-state index in [-0.39, 0.29) is 18.1 Å². The van der Waals surface area contributed by atoms with Gasteiger partial charge >= 0.3 is 5.97 Å². The first-order chi connectivity index (χ1) is 9.49. The highest BCUT2D eigenvalue weighted by Gasteiger charge is 2.23. The fourth-order valence-corrected chi connectivity index (χ4v) is 2.00. The molecule has 2 atom stereocenters. The summed E-state index contributed by atoms with van der Waals surface area (Å²) >= 11 is 0. The molecule has 1 rings (SSSR count). The molecule has 0 spiro atoms. The lowest BCUT2D eigenvalue weighted by Crippen LogP contribution is -2.36. The number of carbonyl (C=O) groups excluding carboxylic acids is 1. The molecule has 0 fully saturated rings. The fraction of sp³-hybridized carbons (Fsp3) is 0.588. The average molecular weight is 277 g/mol. The Morgan fingerprint density at radius 3 is 2.10 bits per heavy atom. The first-order valence-corrected chi connectivity index (χ1v) is 7.52. The van der Waals surface area contributed by atoms with Gasteiger partial charge in [0.25, 0.3) is 0 Å². The molecule has 20 heavy (non-hydrogen) atoms. The number of carbonyl (C=O) groups is 1. The predicted molar refractivity (Wildman–Crippen MR) is 82.8 cm³/mol. The van der Waals surface area contributed by atoms with Crippen molar-refractivity contribution in [2.24, 2.45) is 0 Å². The van der Waals surface area contributed by atoms with Gasteiger partial charge in [-0.2, -0.15) is 0 Å². The van der Waals surface area contributed by atoms with Crippen molar-refractivity contribution in [3.8, 4) is 0 Å². The summed E-state index contributed by atoms with van der Waals surface area (Å²) in [6, 6.07) is 8.11. The summed E-state index contributed by atoms with van der Waals surface area (Å²) in [6.07, 6.45) is 0.972. The maximum absolute atomic E-state index is 12.1. The molecule has 3 heteroatoms. The van der Waals surface area contributed by atoms with Gasteiger partial charge in [-0.3, -0.25) is 5.32 Å². The Morgan fingerprint density at radius 1 is 1.10 bits per heavy atom. The monoisotopic (exact) mass is 277 g/mol. The van der Waals surface area contributed by atoms with Crippen LogP contribution in [0.1, 0.15) is 64.1 Å². The fourth-order valence-electron chi connectivity index (χ4n) is 2.00. The number of rotatable bonds is 7. The molecule has 0 aliphatic carbocycles. The van der Waals surface area contributed by atoms with Crippen LogP contribution in [0, 0.1) is 0 Å². The molecule has 112 valence electrons. The molecule has 0 radical (unpaired) electrons. The average Bonchev–Trinajstić information content (AvgIpc) is 2.44. The largest absolute Gasteiger partial charge is 0.465 e. The van der Waals surface area contributed by atoms with E-state index in [1.807, 2.05) is 19.1 Å². The van der Waals surface area contributed by atoms with Crippen molar-refractivity contribution in [1.82, 2.24) is 5.32 Å². The van der Waals surface area contributed by atoms with Crippen LogP contribution in [0.3, 0.4) is 0 Å². The first kappa shape index (κ1) is 16.7. The van der Waals surface area contributed by atoms with Crippen LogP contribution in [-0.2, 0) is 9.53 Å². The van der Waals surface area contributed by atoms with Crippen molar-refractivity contribution in [2.75, 3.05) is 6.61 Å². The third-order valence-corrected chi connectivity index (χ3v) is 3.52. The maximum Gasteiger partial charge on any atom is 0.327 e. The Bertz CT molecular complexity index is 412. The van der Waals surface area contributed by atoms with E-state index < -0.39 is 0 Å². The Balaban J connectivity index is 2.93. The zero-order valence-corrected chi connectivity index (χ0v) is 13.3. The van der Waals surface area contributed by atoms with Crippen LogP contribution >= 0.6 is 0 Å². The van der Waals surface area contributed by atoms with Gasteiger partial charge in [-0.25, -0.2) is 4.79 Å². The highest BCUT2D eigenvalue weighted by atomic mass is 16.5. The van der Waals surface area contributed by atoms with Crippen molar-refractivity contribution in [3.63, 3.8) is 0 Å². The molecule has 3 nitrogen and oxygen atoms in total. The van der Waals surface area contributed by atoms with Crippen LogP contribution in [0.25, 0.3) is 0 Å². The molecule has 0 heterocycles. The number of ether oxygens (including phenoxy) is 1. The van der Waals surface area contributed by atoms with Crippen molar-refractivity contribution < 1.29 is 9.53 Å². The summed E-state index contributed by atoms with van der Waals surface area (Å²) in [6.45, 7) is 10.7. The zero-order valence-electron chi connectivity index (χ0n) is 13.3. The third kappa shape index (κ3) is 4.64. The van der Waals surface area contributed by atoms with Crippen LogP contribution in [0.4, 0.5) is 0 Å². The molecule has 0 bridgehead atoms. The quantitative estimate of drug-likeness (QED) is 0.770. The molecule has 0 saturated carbocycles. The second-order valence-corrected chi connectivity index (χ2v) is 5.48. The minimum absolute atomic E-state index is 0.204. The molecule has 0 saturated heterocycles. The molecule has 0 aliphatic rings. The summed E-state index contributed by atoms with van der Waals surface area (Å²) in [4.78, 5) is 12.1. The van der Waals surface area contributed by atoms with E-state index in [2.05, 4.69) is 45.1 Å². The summed E-state index contributed by atoms with van der Waals surface area (Å²) in [5.74, 6) is 0.290. The number of esters is 1. The standard InChI is InChI=1S/C17H27NO2/c1-6-13(5)18-16(17(19)20-7-2)15-10-8-14(9-11-15)12(3)4/h8-13,16,18H,6-7H2,1-5H3. The molecule has 1 aromatic rings. The van der Waals surface area contributed by atoms with E-state index in [1.54, 1.807) is 0 Å². The Labute approximate surface area is 122 Å². The second-order valence-electron chi connectivity index (χ2n) is 5.48. The SMILES string of the molecule is CCOC(=O)C(NC(C)CC)c1ccc(C(C)C)cc1. The lowest BCUT2D eigenvalue weighted by molar-refractivity contribution is -0.146. The molecule has 0 aromatic heterocycles. The molecule has 1 aromatic carbocycles. The molecule has 0 amide bonds. The normalized spacial score (nSPS) is 14.1. The maximum atomic E-state index is 12.1. The van der Waals surface area contributed by atoms with Crippen LogP contribution in [0.5, 0.6) is 0 Å². The minimum atomic E-state index is -0.383. The van der Waals surface area contributed by atoms with Crippen LogP contribution in [-0.4, -0.2) is 18.6 Å². The van der Waals surface area contributed by atoms with Gasteiger partial charge in [0.15, 0.2) is 0 Å². The van der Waals surface area contributed by atoms with Crippen LogP contribution in [0.15, 0.2) is 24.3 Å². The van der Waals surface area contributed by atoms with Crippen LogP contribution < -0.4 is 5.32 Å². The molecule has 2 unspecified atom stereocenters. The summed E-state index contributed by atoms with van der Waals surface area (Å²) in [5, 5.41) is 3.34. The van der Waals surface area contributed by atoms with Gasteiger partial charge in [0, 0.05) is 6.04 Å². The first-order valence-electron chi connectivity index (χ1n) is 7.52.